The third kappa shape index (κ3) is 4.00. The Hall–Kier alpha value is -1.62. The summed E-state index contributed by atoms with van der Waals surface area (Å²) in [5.74, 6) is -1.33. The van der Waals surface area contributed by atoms with E-state index >= 15 is 0 Å². The van der Waals surface area contributed by atoms with Crippen LogP contribution >= 0.6 is 0 Å². The van der Waals surface area contributed by atoms with Gasteiger partial charge in [0.25, 0.3) is 5.91 Å². The monoisotopic (exact) mass is 255 g/mol. The summed E-state index contributed by atoms with van der Waals surface area (Å²) in [6, 6.07) is 3.49. The molecule has 0 unspecified atom stereocenters. The van der Waals surface area contributed by atoms with E-state index in [9.17, 15) is 9.18 Å². The van der Waals surface area contributed by atoms with Crippen molar-refractivity contribution in [3.05, 3.63) is 29.6 Å². The Balaban J connectivity index is 2.57. The van der Waals surface area contributed by atoms with E-state index in [1.54, 1.807) is 7.05 Å². The Morgan fingerprint density at radius 1 is 1.33 bits per heavy atom. The number of halogens is 1. The molecule has 0 atom stereocenters. The van der Waals surface area contributed by atoms with E-state index in [4.69, 9.17) is 10.2 Å². The molecule has 0 spiro atoms. The molecule has 1 aromatic carbocycles. The number of unbranched alkanes of at least 4 members (excludes halogenated alkanes) is 2. The van der Waals surface area contributed by atoms with Crippen molar-refractivity contribution in [1.82, 2.24) is 4.90 Å². The minimum atomic E-state index is -0.720. The van der Waals surface area contributed by atoms with Crippen LogP contribution in [0.5, 0.6) is 5.75 Å². The lowest BCUT2D eigenvalue weighted by Gasteiger charge is -2.17. The van der Waals surface area contributed by atoms with Crippen LogP contribution in [-0.2, 0) is 0 Å². The number of aromatic hydroxyl groups is 1. The topological polar surface area (TPSA) is 60.8 Å². The maximum atomic E-state index is 13.5. The van der Waals surface area contributed by atoms with Gasteiger partial charge in [-0.3, -0.25) is 4.79 Å². The Labute approximate surface area is 106 Å². The third-order valence-electron chi connectivity index (χ3n) is 2.68. The van der Waals surface area contributed by atoms with E-state index < -0.39 is 11.7 Å². The van der Waals surface area contributed by atoms with Crippen molar-refractivity contribution >= 4 is 5.91 Å². The molecule has 4 nitrogen and oxygen atoms in total. The SMILES string of the molecule is CN(CCCCCO)C(=O)c1ccc(O)cc1F. The van der Waals surface area contributed by atoms with Crippen LogP contribution in [0.25, 0.3) is 0 Å². The lowest BCUT2D eigenvalue weighted by Crippen LogP contribution is -2.28. The fourth-order valence-electron chi connectivity index (χ4n) is 1.62. The fraction of sp³-hybridized carbons (Fsp3) is 0.462. The molecule has 1 rings (SSSR count). The summed E-state index contributed by atoms with van der Waals surface area (Å²) in [5, 5.41) is 17.7. The van der Waals surface area contributed by atoms with Gasteiger partial charge in [-0.2, -0.15) is 0 Å². The van der Waals surface area contributed by atoms with Crippen molar-refractivity contribution < 1.29 is 19.4 Å². The summed E-state index contributed by atoms with van der Waals surface area (Å²) in [5.41, 5.74) is -0.0440. The lowest BCUT2D eigenvalue weighted by molar-refractivity contribution is 0.0787. The molecule has 0 aliphatic carbocycles. The highest BCUT2D eigenvalue weighted by Crippen LogP contribution is 2.16. The number of hydrogen-bond donors (Lipinski definition) is 2. The van der Waals surface area contributed by atoms with Gasteiger partial charge in [0.05, 0.1) is 5.56 Å². The van der Waals surface area contributed by atoms with Gasteiger partial charge in [-0.15, -0.1) is 0 Å². The Kier molecular flexibility index (Phi) is 5.58. The summed E-state index contributed by atoms with van der Waals surface area (Å²) < 4.78 is 13.5. The van der Waals surface area contributed by atoms with Crippen LogP contribution in [0.2, 0.25) is 0 Å². The number of hydrogen-bond acceptors (Lipinski definition) is 3. The van der Waals surface area contributed by atoms with Gasteiger partial charge in [-0.05, 0) is 31.4 Å². The first kappa shape index (κ1) is 14.4. The molecule has 0 aliphatic heterocycles. The van der Waals surface area contributed by atoms with Gasteiger partial charge < -0.3 is 15.1 Å². The van der Waals surface area contributed by atoms with Gasteiger partial charge in [-0.25, -0.2) is 4.39 Å². The summed E-state index contributed by atoms with van der Waals surface area (Å²) in [7, 11) is 1.60. The van der Waals surface area contributed by atoms with Crippen molar-refractivity contribution in [3.63, 3.8) is 0 Å². The summed E-state index contributed by atoms with van der Waals surface area (Å²) in [4.78, 5) is 13.3. The van der Waals surface area contributed by atoms with Crippen molar-refractivity contribution in [2.24, 2.45) is 0 Å². The van der Waals surface area contributed by atoms with Gasteiger partial charge in [0, 0.05) is 26.3 Å². The van der Waals surface area contributed by atoms with E-state index in [1.165, 1.54) is 17.0 Å². The molecule has 18 heavy (non-hydrogen) atoms. The quantitative estimate of drug-likeness (QED) is 0.761. The zero-order chi connectivity index (χ0) is 13.5. The Morgan fingerprint density at radius 2 is 2.06 bits per heavy atom. The average Bonchev–Trinajstić information content (AvgIpc) is 2.33. The molecule has 100 valence electrons. The minimum Gasteiger partial charge on any atom is -0.508 e. The van der Waals surface area contributed by atoms with Crippen LogP contribution in [0.3, 0.4) is 0 Å². The second-order valence-corrected chi connectivity index (χ2v) is 4.18. The molecule has 0 fully saturated rings. The first-order chi connectivity index (χ1) is 8.56. The van der Waals surface area contributed by atoms with Crippen molar-refractivity contribution in [2.75, 3.05) is 20.2 Å². The normalized spacial score (nSPS) is 10.4. The fourth-order valence-corrected chi connectivity index (χ4v) is 1.62. The maximum absolute atomic E-state index is 13.5. The Bertz CT molecular complexity index is 409. The van der Waals surface area contributed by atoms with Gasteiger partial charge in [0.15, 0.2) is 0 Å². The zero-order valence-corrected chi connectivity index (χ0v) is 10.4. The summed E-state index contributed by atoms with van der Waals surface area (Å²) >= 11 is 0. The highest BCUT2D eigenvalue weighted by Gasteiger charge is 2.16. The van der Waals surface area contributed by atoms with Crippen LogP contribution < -0.4 is 0 Å². The first-order valence-corrected chi connectivity index (χ1v) is 5.91. The lowest BCUT2D eigenvalue weighted by atomic mass is 10.1. The van der Waals surface area contributed by atoms with Crippen LogP contribution in [0.1, 0.15) is 29.6 Å². The van der Waals surface area contributed by atoms with Gasteiger partial charge in [0.1, 0.15) is 11.6 Å². The zero-order valence-electron chi connectivity index (χ0n) is 10.4. The number of benzene rings is 1. The predicted octanol–water partition coefficient (Wildman–Crippen LogP) is 1.77. The van der Waals surface area contributed by atoms with Crippen LogP contribution in [0.4, 0.5) is 4.39 Å². The number of phenolic OH excluding ortho intramolecular Hbond substituents is 1. The van der Waals surface area contributed by atoms with Gasteiger partial charge in [-0.1, -0.05) is 0 Å². The molecule has 0 aliphatic rings. The first-order valence-electron chi connectivity index (χ1n) is 5.91. The number of phenols is 1. The summed E-state index contributed by atoms with van der Waals surface area (Å²) in [6.45, 7) is 0.656. The number of aliphatic hydroxyl groups excluding tert-OH is 1. The number of aliphatic hydroxyl groups is 1. The second kappa shape index (κ2) is 6.96. The molecule has 2 N–H and O–H groups in total. The van der Waals surface area contributed by atoms with E-state index in [1.807, 2.05) is 0 Å². The maximum Gasteiger partial charge on any atom is 0.256 e. The molecule has 0 saturated heterocycles. The molecule has 0 heterocycles. The van der Waals surface area contributed by atoms with Crippen LogP contribution in [-0.4, -0.2) is 41.2 Å². The van der Waals surface area contributed by atoms with E-state index in [-0.39, 0.29) is 17.9 Å². The van der Waals surface area contributed by atoms with E-state index in [0.717, 1.165) is 18.9 Å². The van der Waals surface area contributed by atoms with Crippen molar-refractivity contribution in [3.8, 4) is 5.75 Å². The highest BCUT2D eigenvalue weighted by molar-refractivity contribution is 5.94. The molecule has 0 bridgehead atoms. The number of rotatable bonds is 6. The minimum absolute atomic E-state index is 0.0440. The van der Waals surface area contributed by atoms with Gasteiger partial charge in [0.2, 0.25) is 0 Å². The summed E-state index contributed by atoms with van der Waals surface area (Å²) in [6.07, 6.45) is 2.30. The van der Waals surface area contributed by atoms with Crippen molar-refractivity contribution in [2.45, 2.75) is 19.3 Å². The van der Waals surface area contributed by atoms with Crippen molar-refractivity contribution in [1.29, 1.82) is 0 Å². The Morgan fingerprint density at radius 3 is 2.67 bits per heavy atom. The molecule has 1 aromatic rings. The molecule has 0 aromatic heterocycles. The smallest absolute Gasteiger partial charge is 0.256 e. The van der Waals surface area contributed by atoms with Crippen LogP contribution in [0, 0.1) is 5.82 Å². The number of amides is 1. The average molecular weight is 255 g/mol. The number of carbonyl (C=O) groups excluding carboxylic acids is 1. The van der Waals surface area contributed by atoms with E-state index in [0.29, 0.717) is 13.0 Å². The molecule has 5 heteroatoms. The molecular weight excluding hydrogens is 237 g/mol. The van der Waals surface area contributed by atoms with Crippen LogP contribution in [0.15, 0.2) is 18.2 Å². The third-order valence-corrected chi connectivity index (χ3v) is 2.68. The largest absolute Gasteiger partial charge is 0.508 e. The molecular formula is C13H18FNO3. The van der Waals surface area contributed by atoms with Gasteiger partial charge >= 0.3 is 0 Å². The second-order valence-electron chi connectivity index (χ2n) is 4.18. The molecule has 0 saturated carbocycles. The highest BCUT2D eigenvalue weighted by atomic mass is 19.1. The molecule has 0 radical (unpaired) electrons. The number of carbonyl (C=O) groups is 1. The molecule has 1 amide bonds. The predicted molar refractivity (Wildman–Crippen MR) is 66.0 cm³/mol. The van der Waals surface area contributed by atoms with E-state index in [2.05, 4.69) is 0 Å². The standard InChI is InChI=1S/C13H18FNO3/c1-15(7-3-2-4-8-16)13(18)11-6-5-10(17)9-12(11)14/h5-6,9,16-17H,2-4,7-8H2,1H3. The number of nitrogens with zero attached hydrogens (tertiary/aromatic N) is 1.